The summed E-state index contributed by atoms with van der Waals surface area (Å²) >= 11 is 0. The van der Waals surface area contributed by atoms with E-state index in [0.29, 0.717) is 6.54 Å². The lowest BCUT2D eigenvalue weighted by molar-refractivity contribution is -0.142. The van der Waals surface area contributed by atoms with Gasteiger partial charge in [0.1, 0.15) is 6.04 Å². The van der Waals surface area contributed by atoms with E-state index in [-0.39, 0.29) is 23.3 Å². The zero-order valence-electron chi connectivity index (χ0n) is 10.8. The SMILES string of the molecule is O=C(O)C1C2CCCC2CN1C(=O)c1ccc(F)nc1. The summed E-state index contributed by atoms with van der Waals surface area (Å²) in [7, 11) is 0. The Morgan fingerprint density at radius 2 is 2.15 bits per heavy atom. The zero-order chi connectivity index (χ0) is 14.3. The fourth-order valence-electron chi connectivity index (χ4n) is 3.50. The fourth-order valence-corrected chi connectivity index (χ4v) is 3.50. The predicted octanol–water partition coefficient (Wildman–Crippen LogP) is 1.55. The van der Waals surface area contributed by atoms with Gasteiger partial charge in [-0.2, -0.15) is 4.39 Å². The number of aliphatic carboxylic acids is 1. The predicted molar refractivity (Wildman–Crippen MR) is 67.5 cm³/mol. The molecular weight excluding hydrogens is 263 g/mol. The molecule has 6 heteroatoms. The summed E-state index contributed by atoms with van der Waals surface area (Å²) in [6.07, 6.45) is 4.01. The average molecular weight is 278 g/mol. The second kappa shape index (κ2) is 4.85. The number of hydrogen-bond acceptors (Lipinski definition) is 3. The van der Waals surface area contributed by atoms with Gasteiger partial charge in [0.2, 0.25) is 5.95 Å². The largest absolute Gasteiger partial charge is 0.480 e. The quantitative estimate of drug-likeness (QED) is 0.833. The molecule has 3 atom stereocenters. The third kappa shape index (κ3) is 2.05. The van der Waals surface area contributed by atoms with Crippen molar-refractivity contribution in [3.05, 3.63) is 29.8 Å². The second-order valence-electron chi connectivity index (χ2n) is 5.47. The van der Waals surface area contributed by atoms with E-state index >= 15 is 0 Å². The van der Waals surface area contributed by atoms with Crippen LogP contribution in [0.2, 0.25) is 0 Å². The number of nitrogens with zero attached hydrogens (tertiary/aromatic N) is 2. The number of carbonyl (C=O) groups excluding carboxylic acids is 1. The molecule has 2 fully saturated rings. The van der Waals surface area contributed by atoms with Crippen LogP contribution < -0.4 is 0 Å². The van der Waals surface area contributed by atoms with Crippen molar-refractivity contribution < 1.29 is 19.1 Å². The minimum absolute atomic E-state index is 0.0462. The van der Waals surface area contributed by atoms with E-state index in [0.717, 1.165) is 31.5 Å². The summed E-state index contributed by atoms with van der Waals surface area (Å²) in [4.78, 5) is 28.7. The topological polar surface area (TPSA) is 70.5 Å². The van der Waals surface area contributed by atoms with Crippen molar-refractivity contribution in [3.63, 3.8) is 0 Å². The van der Waals surface area contributed by atoms with Crippen molar-refractivity contribution in [1.29, 1.82) is 0 Å². The van der Waals surface area contributed by atoms with Crippen LogP contribution in [0.1, 0.15) is 29.6 Å². The molecule has 1 aliphatic heterocycles. The Labute approximate surface area is 115 Å². The van der Waals surface area contributed by atoms with Gasteiger partial charge in [0.05, 0.1) is 5.56 Å². The maximum absolute atomic E-state index is 12.8. The summed E-state index contributed by atoms with van der Waals surface area (Å²) < 4.78 is 12.8. The van der Waals surface area contributed by atoms with Gasteiger partial charge in [-0.1, -0.05) is 6.42 Å². The lowest BCUT2D eigenvalue weighted by Crippen LogP contribution is -2.43. The molecule has 1 aliphatic carbocycles. The van der Waals surface area contributed by atoms with Gasteiger partial charge in [-0.3, -0.25) is 4.79 Å². The van der Waals surface area contributed by atoms with E-state index < -0.39 is 18.0 Å². The van der Waals surface area contributed by atoms with Crippen molar-refractivity contribution >= 4 is 11.9 Å². The van der Waals surface area contributed by atoms with Crippen molar-refractivity contribution in [2.45, 2.75) is 25.3 Å². The molecule has 0 bridgehead atoms. The molecule has 2 aliphatic rings. The second-order valence-corrected chi connectivity index (χ2v) is 5.47. The van der Waals surface area contributed by atoms with Crippen LogP contribution in [0, 0.1) is 17.8 Å². The van der Waals surface area contributed by atoms with E-state index in [1.807, 2.05) is 0 Å². The minimum Gasteiger partial charge on any atom is -0.480 e. The number of amides is 1. The number of likely N-dealkylation sites (tertiary alicyclic amines) is 1. The minimum atomic E-state index is -0.956. The van der Waals surface area contributed by atoms with E-state index in [9.17, 15) is 19.1 Å². The van der Waals surface area contributed by atoms with Gasteiger partial charge in [-0.25, -0.2) is 9.78 Å². The monoisotopic (exact) mass is 278 g/mol. The number of carboxylic acids is 1. The molecule has 1 N–H and O–H groups in total. The number of fused-ring (bicyclic) bond motifs is 1. The smallest absolute Gasteiger partial charge is 0.326 e. The van der Waals surface area contributed by atoms with Gasteiger partial charge in [0.25, 0.3) is 5.91 Å². The zero-order valence-corrected chi connectivity index (χ0v) is 10.8. The van der Waals surface area contributed by atoms with Crippen LogP contribution in [0.15, 0.2) is 18.3 Å². The molecule has 20 heavy (non-hydrogen) atoms. The summed E-state index contributed by atoms with van der Waals surface area (Å²) in [5.41, 5.74) is 0.234. The number of carbonyl (C=O) groups is 2. The third-order valence-corrected chi connectivity index (χ3v) is 4.38. The molecule has 0 aromatic carbocycles. The highest BCUT2D eigenvalue weighted by molar-refractivity contribution is 5.96. The molecule has 1 saturated heterocycles. The Hall–Kier alpha value is -1.98. The highest BCUT2D eigenvalue weighted by Crippen LogP contribution is 2.42. The number of aromatic nitrogens is 1. The first-order valence-electron chi connectivity index (χ1n) is 6.73. The molecular formula is C14H15FN2O3. The molecule has 0 spiro atoms. The van der Waals surface area contributed by atoms with Crippen LogP contribution in [0.4, 0.5) is 4.39 Å². The number of pyridine rings is 1. The molecule has 1 amide bonds. The summed E-state index contributed by atoms with van der Waals surface area (Å²) in [6.45, 7) is 0.470. The summed E-state index contributed by atoms with van der Waals surface area (Å²) in [5, 5.41) is 9.40. The van der Waals surface area contributed by atoms with Gasteiger partial charge >= 0.3 is 5.97 Å². The molecule has 1 aromatic rings. The van der Waals surface area contributed by atoms with Crippen LogP contribution in [-0.4, -0.2) is 39.5 Å². The molecule has 1 aromatic heterocycles. The first-order valence-corrected chi connectivity index (χ1v) is 6.73. The van der Waals surface area contributed by atoms with Gasteiger partial charge in [0, 0.05) is 12.7 Å². The molecule has 106 valence electrons. The van der Waals surface area contributed by atoms with Crippen LogP contribution in [-0.2, 0) is 4.79 Å². The molecule has 0 radical (unpaired) electrons. The van der Waals surface area contributed by atoms with Gasteiger partial charge in [-0.15, -0.1) is 0 Å². The highest BCUT2D eigenvalue weighted by Gasteiger charge is 2.49. The van der Waals surface area contributed by atoms with E-state index in [2.05, 4.69) is 4.98 Å². The highest BCUT2D eigenvalue weighted by atomic mass is 19.1. The molecule has 2 heterocycles. The lowest BCUT2D eigenvalue weighted by atomic mass is 9.94. The van der Waals surface area contributed by atoms with Crippen molar-refractivity contribution in [2.75, 3.05) is 6.54 Å². The summed E-state index contributed by atoms with van der Waals surface area (Å²) in [5.74, 6) is -1.67. The molecule has 3 rings (SSSR count). The van der Waals surface area contributed by atoms with E-state index in [1.165, 1.54) is 11.0 Å². The number of hydrogen-bond donors (Lipinski definition) is 1. The standard InChI is InChI=1S/C14H15FN2O3/c15-11-5-4-8(6-16-11)13(18)17-7-9-2-1-3-10(9)12(17)14(19)20/h4-6,9-10,12H,1-3,7H2,(H,19,20). The van der Waals surface area contributed by atoms with E-state index in [1.54, 1.807) is 0 Å². The molecule has 5 nitrogen and oxygen atoms in total. The lowest BCUT2D eigenvalue weighted by Gasteiger charge is -2.24. The van der Waals surface area contributed by atoms with Crippen LogP contribution in [0.5, 0.6) is 0 Å². The normalized spacial score (nSPS) is 28.4. The first kappa shape index (κ1) is 13.0. The average Bonchev–Trinajstić information content (AvgIpc) is 2.97. The first-order chi connectivity index (χ1) is 9.58. The van der Waals surface area contributed by atoms with Gasteiger partial charge in [0.15, 0.2) is 0 Å². The fraction of sp³-hybridized carbons (Fsp3) is 0.500. The summed E-state index contributed by atoms with van der Waals surface area (Å²) in [6, 6.07) is 1.69. The van der Waals surface area contributed by atoms with Crippen molar-refractivity contribution in [2.24, 2.45) is 11.8 Å². The maximum atomic E-state index is 12.8. The van der Waals surface area contributed by atoms with Gasteiger partial charge in [-0.05, 0) is 36.8 Å². The van der Waals surface area contributed by atoms with Crippen molar-refractivity contribution in [3.8, 4) is 0 Å². The van der Waals surface area contributed by atoms with Crippen LogP contribution in [0.25, 0.3) is 0 Å². The van der Waals surface area contributed by atoms with E-state index in [4.69, 9.17) is 0 Å². The third-order valence-electron chi connectivity index (χ3n) is 4.38. The van der Waals surface area contributed by atoms with Crippen molar-refractivity contribution in [1.82, 2.24) is 9.88 Å². The van der Waals surface area contributed by atoms with Crippen LogP contribution >= 0.6 is 0 Å². The number of rotatable bonds is 2. The Kier molecular flexibility index (Phi) is 3.16. The number of halogens is 1. The Bertz CT molecular complexity index is 546. The van der Waals surface area contributed by atoms with Crippen LogP contribution in [0.3, 0.4) is 0 Å². The molecule has 3 unspecified atom stereocenters. The Morgan fingerprint density at radius 1 is 1.35 bits per heavy atom. The maximum Gasteiger partial charge on any atom is 0.326 e. The number of carboxylic acid groups (broad SMARTS) is 1. The van der Waals surface area contributed by atoms with Gasteiger partial charge < -0.3 is 10.0 Å². The Balaban J connectivity index is 1.87. The molecule has 1 saturated carbocycles. The Morgan fingerprint density at radius 3 is 2.80 bits per heavy atom.